The van der Waals surface area contributed by atoms with Crippen molar-refractivity contribution in [3.8, 4) is 0 Å². The fourth-order valence-electron chi connectivity index (χ4n) is 2.52. The molecule has 0 amide bonds. The number of anilines is 1. The third-order valence-corrected chi connectivity index (χ3v) is 4.23. The highest BCUT2D eigenvalue weighted by atomic mass is 15.2. The van der Waals surface area contributed by atoms with E-state index in [4.69, 9.17) is 0 Å². The van der Waals surface area contributed by atoms with Crippen LogP contribution in [0.2, 0.25) is 0 Å². The Labute approximate surface area is 131 Å². The largest absolute Gasteiger partial charge is 0.369 e. The van der Waals surface area contributed by atoms with Gasteiger partial charge in [0.05, 0.1) is 0 Å². The molecule has 120 valence electrons. The number of aryl methyl sites for hydroxylation is 1. The van der Waals surface area contributed by atoms with E-state index >= 15 is 0 Å². The second-order valence-corrected chi connectivity index (χ2v) is 6.45. The van der Waals surface area contributed by atoms with E-state index in [0.717, 1.165) is 13.1 Å². The van der Waals surface area contributed by atoms with Crippen molar-refractivity contribution in [1.29, 1.82) is 0 Å². The maximum atomic E-state index is 3.51. The molecule has 0 aliphatic carbocycles. The van der Waals surface area contributed by atoms with Crippen LogP contribution in [0, 0.1) is 6.92 Å². The van der Waals surface area contributed by atoms with Crippen molar-refractivity contribution in [2.75, 3.05) is 11.4 Å². The van der Waals surface area contributed by atoms with Gasteiger partial charge in [0.1, 0.15) is 0 Å². The summed E-state index contributed by atoms with van der Waals surface area (Å²) < 4.78 is 0. The predicted octanol–water partition coefficient (Wildman–Crippen LogP) is 4.90. The Kier molecular flexibility index (Phi) is 7.81. The minimum Gasteiger partial charge on any atom is -0.369 e. The smallest absolute Gasteiger partial charge is 0.0371 e. The fourth-order valence-corrected chi connectivity index (χ4v) is 2.52. The van der Waals surface area contributed by atoms with Crippen LogP contribution in [0.25, 0.3) is 0 Å². The normalized spacial score (nSPS) is 12.7. The second-order valence-electron chi connectivity index (χ2n) is 6.45. The van der Waals surface area contributed by atoms with E-state index < -0.39 is 0 Å². The lowest BCUT2D eigenvalue weighted by molar-refractivity contribution is 0.585. The lowest BCUT2D eigenvalue weighted by Crippen LogP contribution is -2.33. The molecule has 0 aliphatic heterocycles. The molecule has 1 unspecified atom stereocenters. The third-order valence-electron chi connectivity index (χ3n) is 4.23. The van der Waals surface area contributed by atoms with Crippen molar-refractivity contribution >= 4 is 5.69 Å². The van der Waals surface area contributed by atoms with Gasteiger partial charge in [-0.2, -0.15) is 0 Å². The standard InChI is InChI=1S/C19H34N2/c1-7-9-12-21(17(6)8-2)19-11-10-18(16(5)13-19)14-20-15(3)4/h10-11,13,15,17,20H,7-9,12,14H2,1-6H3. The molecule has 1 aromatic carbocycles. The number of rotatable bonds is 9. The first-order chi connectivity index (χ1) is 9.99. The molecule has 1 atom stereocenters. The minimum atomic E-state index is 0.533. The van der Waals surface area contributed by atoms with Crippen LogP contribution in [0.4, 0.5) is 5.69 Å². The van der Waals surface area contributed by atoms with Crippen LogP contribution in [0.1, 0.15) is 65.0 Å². The van der Waals surface area contributed by atoms with Gasteiger partial charge < -0.3 is 10.2 Å². The molecule has 1 N–H and O–H groups in total. The number of nitrogens with one attached hydrogen (secondary N) is 1. The van der Waals surface area contributed by atoms with E-state index in [1.165, 1.54) is 36.1 Å². The summed E-state index contributed by atoms with van der Waals surface area (Å²) in [5.74, 6) is 0. The van der Waals surface area contributed by atoms with E-state index in [1.807, 2.05) is 0 Å². The summed E-state index contributed by atoms with van der Waals surface area (Å²) in [6.45, 7) is 15.6. The van der Waals surface area contributed by atoms with Gasteiger partial charge in [-0.25, -0.2) is 0 Å². The highest BCUT2D eigenvalue weighted by Gasteiger charge is 2.13. The van der Waals surface area contributed by atoms with Gasteiger partial charge in [-0.3, -0.25) is 0 Å². The Morgan fingerprint density at radius 2 is 1.86 bits per heavy atom. The first-order valence-corrected chi connectivity index (χ1v) is 8.59. The zero-order valence-corrected chi connectivity index (χ0v) is 14.9. The summed E-state index contributed by atoms with van der Waals surface area (Å²) in [6.07, 6.45) is 3.71. The summed E-state index contributed by atoms with van der Waals surface area (Å²) >= 11 is 0. The number of hydrogen-bond acceptors (Lipinski definition) is 2. The molecule has 0 bridgehead atoms. The SMILES string of the molecule is CCCCN(c1ccc(CNC(C)C)c(C)c1)C(C)CC. The summed E-state index contributed by atoms with van der Waals surface area (Å²) in [5, 5.41) is 3.51. The maximum absolute atomic E-state index is 3.51. The Balaban J connectivity index is 2.87. The van der Waals surface area contributed by atoms with Gasteiger partial charge in [-0.05, 0) is 49.9 Å². The Hall–Kier alpha value is -1.02. The molecule has 0 radical (unpaired) electrons. The van der Waals surface area contributed by atoms with Crippen LogP contribution < -0.4 is 10.2 Å². The van der Waals surface area contributed by atoms with E-state index in [-0.39, 0.29) is 0 Å². The highest BCUT2D eigenvalue weighted by molar-refractivity contribution is 5.51. The number of hydrogen-bond donors (Lipinski definition) is 1. The zero-order valence-electron chi connectivity index (χ0n) is 14.9. The monoisotopic (exact) mass is 290 g/mol. The zero-order chi connectivity index (χ0) is 15.8. The Morgan fingerprint density at radius 3 is 2.38 bits per heavy atom. The average molecular weight is 290 g/mol. The quantitative estimate of drug-likeness (QED) is 0.696. The molecule has 0 spiro atoms. The molecule has 0 saturated heterocycles. The number of benzene rings is 1. The molecule has 0 saturated carbocycles. The summed E-state index contributed by atoms with van der Waals surface area (Å²) in [7, 11) is 0. The van der Waals surface area contributed by atoms with Crippen molar-refractivity contribution in [2.45, 2.75) is 79.4 Å². The summed E-state index contributed by atoms with van der Waals surface area (Å²) in [4.78, 5) is 2.57. The van der Waals surface area contributed by atoms with Gasteiger partial charge in [-0.1, -0.05) is 40.2 Å². The third kappa shape index (κ3) is 5.70. The van der Waals surface area contributed by atoms with Crippen LogP contribution in [-0.4, -0.2) is 18.6 Å². The topological polar surface area (TPSA) is 15.3 Å². The summed E-state index contributed by atoms with van der Waals surface area (Å²) in [5.41, 5.74) is 4.18. The van der Waals surface area contributed by atoms with E-state index in [2.05, 4.69) is 70.0 Å². The van der Waals surface area contributed by atoms with Gasteiger partial charge in [0.2, 0.25) is 0 Å². The lowest BCUT2D eigenvalue weighted by Gasteiger charge is -2.31. The number of nitrogens with zero attached hydrogens (tertiary/aromatic N) is 1. The van der Waals surface area contributed by atoms with Gasteiger partial charge >= 0.3 is 0 Å². The van der Waals surface area contributed by atoms with Crippen LogP contribution >= 0.6 is 0 Å². The van der Waals surface area contributed by atoms with E-state index in [0.29, 0.717) is 12.1 Å². The fraction of sp³-hybridized carbons (Fsp3) is 0.684. The predicted molar refractivity (Wildman–Crippen MR) is 95.2 cm³/mol. The van der Waals surface area contributed by atoms with E-state index in [1.54, 1.807) is 0 Å². The van der Waals surface area contributed by atoms with Crippen LogP contribution in [-0.2, 0) is 6.54 Å². The number of unbranched alkanes of at least 4 members (excludes halogenated alkanes) is 1. The minimum absolute atomic E-state index is 0.533. The Bertz CT molecular complexity index is 412. The molecule has 0 heterocycles. The maximum Gasteiger partial charge on any atom is 0.0371 e. The first-order valence-electron chi connectivity index (χ1n) is 8.59. The van der Waals surface area contributed by atoms with Gasteiger partial charge in [0, 0.05) is 30.9 Å². The molecular formula is C19H34N2. The van der Waals surface area contributed by atoms with Gasteiger partial charge in [0.25, 0.3) is 0 Å². The molecule has 1 aromatic rings. The van der Waals surface area contributed by atoms with Crippen LogP contribution in [0.5, 0.6) is 0 Å². The van der Waals surface area contributed by atoms with Crippen LogP contribution in [0.15, 0.2) is 18.2 Å². The molecule has 1 rings (SSSR count). The molecule has 0 aliphatic rings. The Morgan fingerprint density at radius 1 is 1.14 bits per heavy atom. The van der Waals surface area contributed by atoms with Gasteiger partial charge in [0.15, 0.2) is 0 Å². The molecule has 0 fully saturated rings. The average Bonchev–Trinajstić information content (AvgIpc) is 2.46. The van der Waals surface area contributed by atoms with Crippen molar-refractivity contribution in [3.05, 3.63) is 29.3 Å². The molecular weight excluding hydrogens is 256 g/mol. The molecule has 0 aromatic heterocycles. The molecule has 2 nitrogen and oxygen atoms in total. The van der Waals surface area contributed by atoms with Crippen molar-refractivity contribution in [2.24, 2.45) is 0 Å². The van der Waals surface area contributed by atoms with Crippen LogP contribution in [0.3, 0.4) is 0 Å². The van der Waals surface area contributed by atoms with Crippen molar-refractivity contribution < 1.29 is 0 Å². The molecule has 21 heavy (non-hydrogen) atoms. The highest BCUT2D eigenvalue weighted by Crippen LogP contribution is 2.23. The second kappa shape index (κ2) is 9.09. The van der Waals surface area contributed by atoms with Gasteiger partial charge in [-0.15, -0.1) is 0 Å². The summed E-state index contributed by atoms with van der Waals surface area (Å²) in [6, 6.07) is 8.09. The van der Waals surface area contributed by atoms with Crippen molar-refractivity contribution in [3.63, 3.8) is 0 Å². The first kappa shape index (κ1) is 18.0. The van der Waals surface area contributed by atoms with E-state index in [9.17, 15) is 0 Å². The lowest BCUT2D eigenvalue weighted by atomic mass is 10.1. The molecule has 2 heteroatoms. The van der Waals surface area contributed by atoms with Crippen molar-refractivity contribution in [1.82, 2.24) is 5.32 Å².